The van der Waals surface area contributed by atoms with Crippen molar-refractivity contribution >= 4 is 27.5 Å². The highest BCUT2D eigenvalue weighted by molar-refractivity contribution is 9.10. The second-order valence-electron chi connectivity index (χ2n) is 4.10. The number of fused-ring (bicyclic) bond motifs is 1. The van der Waals surface area contributed by atoms with Crippen LogP contribution in [0.1, 0.15) is 17.3 Å². The molecule has 2 rings (SSSR count). The molecule has 1 unspecified atom stereocenters. The monoisotopic (exact) mass is 298 g/mol. The number of benzene rings is 1. The lowest BCUT2D eigenvalue weighted by molar-refractivity contribution is 0.0572. The number of carbonyl (C=O) groups is 1. The van der Waals surface area contributed by atoms with Gasteiger partial charge in [-0.2, -0.15) is 0 Å². The number of hydrogen-bond donors (Lipinski definition) is 1. The molecule has 5 heteroatoms. The van der Waals surface area contributed by atoms with Crippen LogP contribution in [0.3, 0.4) is 0 Å². The van der Waals surface area contributed by atoms with E-state index in [-0.39, 0.29) is 11.9 Å². The Balaban J connectivity index is 2.24. The van der Waals surface area contributed by atoms with Crippen LogP contribution in [0.2, 0.25) is 0 Å². The molecule has 1 aliphatic heterocycles. The average molecular weight is 299 g/mol. The Hall–Kier alpha value is -1.07. The van der Waals surface area contributed by atoms with Crippen LogP contribution >= 0.6 is 15.9 Å². The van der Waals surface area contributed by atoms with Crippen LogP contribution in [0.25, 0.3) is 0 Å². The van der Waals surface area contributed by atoms with Gasteiger partial charge in [-0.05, 0) is 25.1 Å². The first-order chi connectivity index (χ1) is 8.13. The molecule has 0 bridgehead atoms. The number of amides is 1. The summed E-state index contributed by atoms with van der Waals surface area (Å²) in [6, 6.07) is 5.70. The zero-order valence-corrected chi connectivity index (χ0v) is 11.5. The van der Waals surface area contributed by atoms with Gasteiger partial charge >= 0.3 is 0 Å². The predicted molar refractivity (Wildman–Crippen MR) is 70.1 cm³/mol. The molecule has 1 aliphatic rings. The summed E-state index contributed by atoms with van der Waals surface area (Å²) in [4.78, 5) is 14.0. The van der Waals surface area contributed by atoms with Gasteiger partial charge < -0.3 is 15.0 Å². The molecule has 0 aromatic heterocycles. The summed E-state index contributed by atoms with van der Waals surface area (Å²) in [7, 11) is 1.64. The molecule has 0 radical (unpaired) electrons. The van der Waals surface area contributed by atoms with E-state index < -0.39 is 0 Å². The van der Waals surface area contributed by atoms with Crippen molar-refractivity contribution in [3.8, 4) is 0 Å². The van der Waals surface area contributed by atoms with E-state index >= 15 is 0 Å². The summed E-state index contributed by atoms with van der Waals surface area (Å²) >= 11 is 3.39. The van der Waals surface area contributed by atoms with Crippen molar-refractivity contribution in [3.63, 3.8) is 0 Å². The molecule has 1 N–H and O–H groups in total. The van der Waals surface area contributed by atoms with Gasteiger partial charge in [0.25, 0.3) is 5.91 Å². The van der Waals surface area contributed by atoms with Crippen molar-refractivity contribution in [2.45, 2.75) is 13.0 Å². The second-order valence-corrected chi connectivity index (χ2v) is 5.02. The first-order valence-electron chi connectivity index (χ1n) is 5.47. The molecular weight excluding hydrogens is 284 g/mol. The van der Waals surface area contributed by atoms with Gasteiger partial charge in [0.05, 0.1) is 24.9 Å². The minimum absolute atomic E-state index is 0.0517. The molecule has 1 aromatic carbocycles. The van der Waals surface area contributed by atoms with Crippen molar-refractivity contribution in [2.75, 3.05) is 25.7 Å². The Morgan fingerprint density at radius 3 is 3.06 bits per heavy atom. The number of rotatable bonds is 3. The number of hydrogen-bond acceptors (Lipinski definition) is 3. The van der Waals surface area contributed by atoms with Gasteiger partial charge in [0.2, 0.25) is 0 Å². The van der Waals surface area contributed by atoms with Gasteiger partial charge in [-0.1, -0.05) is 15.9 Å². The van der Waals surface area contributed by atoms with Crippen molar-refractivity contribution in [1.82, 2.24) is 4.90 Å². The van der Waals surface area contributed by atoms with Gasteiger partial charge in [0.15, 0.2) is 0 Å². The summed E-state index contributed by atoms with van der Waals surface area (Å²) in [6.45, 7) is 3.04. The van der Waals surface area contributed by atoms with Crippen LogP contribution in [-0.4, -0.2) is 37.2 Å². The lowest BCUT2D eigenvalue weighted by Gasteiger charge is -2.34. The van der Waals surface area contributed by atoms with Gasteiger partial charge in [0, 0.05) is 17.3 Å². The predicted octanol–water partition coefficient (Wildman–Crippen LogP) is 2.31. The molecule has 0 saturated heterocycles. The molecule has 0 fully saturated rings. The van der Waals surface area contributed by atoms with Crippen LogP contribution < -0.4 is 5.32 Å². The van der Waals surface area contributed by atoms with E-state index in [9.17, 15) is 4.79 Å². The Kier molecular flexibility index (Phi) is 3.69. The van der Waals surface area contributed by atoms with Gasteiger partial charge in [0.1, 0.15) is 0 Å². The van der Waals surface area contributed by atoms with E-state index in [0.717, 1.165) is 10.2 Å². The second kappa shape index (κ2) is 5.06. The molecule has 17 heavy (non-hydrogen) atoms. The SMILES string of the molecule is COCC(C)N1CNc2cc(Br)ccc2C1=O. The molecule has 0 saturated carbocycles. The number of halogens is 1. The average Bonchev–Trinajstić information content (AvgIpc) is 2.29. The third kappa shape index (κ3) is 2.45. The molecule has 1 aromatic rings. The minimum atomic E-state index is 0.0517. The third-order valence-corrected chi connectivity index (χ3v) is 3.35. The normalized spacial score (nSPS) is 16.4. The maximum absolute atomic E-state index is 12.3. The van der Waals surface area contributed by atoms with E-state index in [4.69, 9.17) is 4.74 Å². The third-order valence-electron chi connectivity index (χ3n) is 2.85. The minimum Gasteiger partial charge on any atom is -0.383 e. The van der Waals surface area contributed by atoms with Crippen molar-refractivity contribution in [2.24, 2.45) is 0 Å². The number of anilines is 1. The summed E-state index contributed by atoms with van der Waals surface area (Å²) in [6.07, 6.45) is 0. The summed E-state index contributed by atoms with van der Waals surface area (Å²) in [5.41, 5.74) is 1.59. The lowest BCUT2D eigenvalue weighted by atomic mass is 10.1. The zero-order chi connectivity index (χ0) is 12.4. The molecule has 4 nitrogen and oxygen atoms in total. The molecule has 0 spiro atoms. The van der Waals surface area contributed by atoms with Gasteiger partial charge in [-0.15, -0.1) is 0 Å². The Bertz CT molecular complexity index is 437. The highest BCUT2D eigenvalue weighted by atomic mass is 79.9. The first-order valence-corrected chi connectivity index (χ1v) is 6.26. The summed E-state index contributed by atoms with van der Waals surface area (Å²) < 4.78 is 6.05. The molecule has 1 amide bonds. The Labute approximate surface area is 109 Å². The van der Waals surface area contributed by atoms with Crippen LogP contribution in [0.4, 0.5) is 5.69 Å². The molecule has 1 atom stereocenters. The Morgan fingerprint density at radius 2 is 2.35 bits per heavy atom. The van der Waals surface area contributed by atoms with Crippen molar-refractivity contribution in [3.05, 3.63) is 28.2 Å². The van der Waals surface area contributed by atoms with Crippen LogP contribution in [0.5, 0.6) is 0 Å². The number of carbonyl (C=O) groups excluding carboxylic acids is 1. The highest BCUT2D eigenvalue weighted by Gasteiger charge is 2.27. The number of ether oxygens (including phenoxy) is 1. The number of nitrogens with zero attached hydrogens (tertiary/aromatic N) is 1. The molecular formula is C12H15BrN2O2. The molecule has 92 valence electrons. The smallest absolute Gasteiger partial charge is 0.257 e. The fourth-order valence-corrected chi connectivity index (χ4v) is 2.29. The first kappa shape index (κ1) is 12.4. The summed E-state index contributed by atoms with van der Waals surface area (Å²) in [5.74, 6) is 0.0517. The maximum atomic E-state index is 12.3. The highest BCUT2D eigenvalue weighted by Crippen LogP contribution is 2.26. The van der Waals surface area contributed by atoms with Gasteiger partial charge in [-0.3, -0.25) is 4.79 Å². The van der Waals surface area contributed by atoms with Crippen LogP contribution in [0.15, 0.2) is 22.7 Å². The van der Waals surface area contributed by atoms with E-state index in [2.05, 4.69) is 21.2 Å². The van der Waals surface area contributed by atoms with Crippen LogP contribution in [-0.2, 0) is 4.74 Å². The zero-order valence-electron chi connectivity index (χ0n) is 9.87. The standard InChI is InChI=1S/C12H15BrN2O2/c1-8(6-17-2)15-7-14-11-5-9(13)3-4-10(11)12(15)16/h3-5,8,14H,6-7H2,1-2H3. The van der Waals surface area contributed by atoms with Gasteiger partial charge in [-0.25, -0.2) is 0 Å². The fraction of sp³-hybridized carbons (Fsp3) is 0.417. The molecule has 1 heterocycles. The van der Waals surface area contributed by atoms with Crippen molar-refractivity contribution < 1.29 is 9.53 Å². The van der Waals surface area contributed by atoms with E-state index in [1.165, 1.54) is 0 Å². The maximum Gasteiger partial charge on any atom is 0.257 e. The fourth-order valence-electron chi connectivity index (χ4n) is 1.93. The van der Waals surface area contributed by atoms with E-state index in [0.29, 0.717) is 18.8 Å². The molecule has 0 aliphatic carbocycles. The van der Waals surface area contributed by atoms with Crippen molar-refractivity contribution in [1.29, 1.82) is 0 Å². The van der Waals surface area contributed by atoms with Crippen LogP contribution in [0, 0.1) is 0 Å². The Morgan fingerprint density at radius 1 is 1.59 bits per heavy atom. The number of methoxy groups -OCH3 is 1. The quantitative estimate of drug-likeness (QED) is 0.931. The lowest BCUT2D eigenvalue weighted by Crippen LogP contribution is -2.46. The van der Waals surface area contributed by atoms with E-state index in [1.54, 1.807) is 12.0 Å². The van der Waals surface area contributed by atoms with E-state index in [1.807, 2.05) is 25.1 Å². The number of nitrogens with one attached hydrogen (secondary N) is 1. The topological polar surface area (TPSA) is 41.6 Å². The summed E-state index contributed by atoms with van der Waals surface area (Å²) in [5, 5.41) is 3.24. The largest absolute Gasteiger partial charge is 0.383 e.